The molecule has 0 spiro atoms. The normalized spacial score (nSPS) is 11.8. The van der Waals surface area contributed by atoms with Crippen LogP contribution in [0.25, 0.3) is 0 Å². The van der Waals surface area contributed by atoms with Crippen LogP contribution in [0.15, 0.2) is 4.99 Å². The number of carbonyl (C=O) groups is 2. The highest BCUT2D eigenvalue weighted by atomic mass is 16.1. The molecule has 0 aliphatic rings. The van der Waals surface area contributed by atoms with E-state index in [-0.39, 0.29) is 17.6 Å². The van der Waals surface area contributed by atoms with Crippen LogP contribution < -0.4 is 33.6 Å². The second-order valence-corrected chi connectivity index (χ2v) is 7.74. The number of aliphatic imine (C=N–C) groups is 1. The Balaban J connectivity index is 3.53. The first-order valence-electron chi connectivity index (χ1n) is 11.5. The van der Waals surface area contributed by atoms with Crippen LogP contribution in [0.2, 0.25) is 0 Å². The minimum atomic E-state index is -0.540. The van der Waals surface area contributed by atoms with E-state index in [9.17, 15) is 9.59 Å². The molecule has 0 aromatic carbocycles. The van der Waals surface area contributed by atoms with Crippen molar-refractivity contribution in [2.45, 2.75) is 83.1 Å². The highest BCUT2D eigenvalue weighted by Crippen LogP contribution is 2.09. The number of amides is 1. The van der Waals surface area contributed by atoms with Crippen molar-refractivity contribution in [3.63, 3.8) is 0 Å². The van der Waals surface area contributed by atoms with Gasteiger partial charge in [0.25, 0.3) is 0 Å². The Hall–Kier alpha value is -1.71. The first-order chi connectivity index (χ1) is 14.5. The zero-order chi connectivity index (χ0) is 22.5. The molecule has 1 atom stereocenters. The minimum Gasteiger partial charge on any atom is -0.370 e. The zero-order valence-electron chi connectivity index (χ0n) is 18.7. The molecule has 0 aromatic rings. The Morgan fingerprint density at radius 3 is 2.13 bits per heavy atom. The number of hydrogen-bond acceptors (Lipinski definition) is 6. The van der Waals surface area contributed by atoms with Gasteiger partial charge in [0, 0.05) is 25.9 Å². The smallest absolute Gasteiger partial charge is 0.220 e. The highest BCUT2D eigenvalue weighted by molar-refractivity contribution is 5.84. The van der Waals surface area contributed by atoms with Crippen LogP contribution in [-0.2, 0) is 9.59 Å². The SMILES string of the molecule is NCCCNCCCCNC(=O)CCC(N)C(=O)CCCCCCCCN=C(N)N. The average Bonchev–Trinajstić information content (AvgIpc) is 2.72. The quantitative estimate of drug-likeness (QED) is 0.0878. The summed E-state index contributed by atoms with van der Waals surface area (Å²) in [7, 11) is 0. The molecule has 0 rings (SSSR count). The van der Waals surface area contributed by atoms with Crippen molar-refractivity contribution in [2.24, 2.45) is 27.9 Å². The predicted molar refractivity (Wildman–Crippen MR) is 124 cm³/mol. The molecule has 9 heteroatoms. The molecule has 10 N–H and O–H groups in total. The number of Topliss-reactive ketones (excluding diaryl/α,β-unsaturated/α-hetero) is 1. The van der Waals surface area contributed by atoms with Gasteiger partial charge in [-0.2, -0.15) is 0 Å². The lowest BCUT2D eigenvalue weighted by atomic mass is 10.0. The summed E-state index contributed by atoms with van der Waals surface area (Å²) in [5.41, 5.74) is 21.9. The van der Waals surface area contributed by atoms with Crippen LogP contribution in [-0.4, -0.2) is 56.4 Å². The van der Waals surface area contributed by atoms with E-state index in [1.807, 2.05) is 0 Å². The number of nitrogens with one attached hydrogen (secondary N) is 2. The third-order valence-corrected chi connectivity index (χ3v) is 4.88. The lowest BCUT2D eigenvalue weighted by molar-refractivity contribution is -0.122. The predicted octanol–water partition coefficient (Wildman–Crippen LogP) is 0.502. The number of hydrogen-bond donors (Lipinski definition) is 6. The fraction of sp³-hybridized carbons (Fsp3) is 0.857. The number of ketones is 1. The molecular formula is C21H45N7O2. The van der Waals surface area contributed by atoms with Crippen molar-refractivity contribution in [3.8, 4) is 0 Å². The summed E-state index contributed by atoms with van der Waals surface area (Å²) >= 11 is 0. The largest absolute Gasteiger partial charge is 0.370 e. The Labute approximate surface area is 182 Å². The molecule has 0 aliphatic heterocycles. The summed E-state index contributed by atoms with van der Waals surface area (Å²) in [5, 5.41) is 6.20. The van der Waals surface area contributed by atoms with Crippen molar-refractivity contribution in [1.29, 1.82) is 0 Å². The van der Waals surface area contributed by atoms with E-state index < -0.39 is 6.04 Å². The third-order valence-electron chi connectivity index (χ3n) is 4.88. The molecule has 176 valence electrons. The number of nitrogens with two attached hydrogens (primary N) is 4. The molecule has 1 unspecified atom stereocenters. The molecule has 0 aromatic heterocycles. The highest BCUT2D eigenvalue weighted by Gasteiger charge is 2.14. The molecule has 0 fully saturated rings. The summed E-state index contributed by atoms with van der Waals surface area (Å²) in [5.74, 6) is 0.166. The van der Waals surface area contributed by atoms with Crippen molar-refractivity contribution < 1.29 is 9.59 Å². The topological polar surface area (TPSA) is 175 Å². The lowest BCUT2D eigenvalue weighted by Crippen LogP contribution is -2.33. The standard InChI is InChI=1S/C21H45N7O2/c22-13-9-15-26-14-7-8-16-27-20(30)12-11-18(23)19(29)10-5-3-1-2-4-6-17-28-21(24)25/h18,26H,1-17,22-23H2,(H,27,30)(H4,24,25,28). The summed E-state index contributed by atoms with van der Waals surface area (Å²) in [6, 6.07) is -0.540. The minimum absolute atomic E-state index is 0.0323. The van der Waals surface area contributed by atoms with Gasteiger partial charge in [-0.05, 0) is 58.2 Å². The number of nitrogens with zero attached hydrogens (tertiary/aromatic N) is 1. The molecule has 0 aliphatic carbocycles. The molecule has 30 heavy (non-hydrogen) atoms. The van der Waals surface area contributed by atoms with E-state index in [0.29, 0.717) is 38.9 Å². The van der Waals surface area contributed by atoms with E-state index in [4.69, 9.17) is 22.9 Å². The van der Waals surface area contributed by atoms with Crippen LogP contribution in [0.5, 0.6) is 0 Å². The average molecular weight is 428 g/mol. The summed E-state index contributed by atoms with van der Waals surface area (Å²) in [6.07, 6.45) is 10.3. The fourth-order valence-electron chi connectivity index (χ4n) is 3.00. The van der Waals surface area contributed by atoms with E-state index in [2.05, 4.69) is 15.6 Å². The van der Waals surface area contributed by atoms with Crippen LogP contribution >= 0.6 is 0 Å². The number of unbranched alkanes of at least 4 members (excludes halogenated alkanes) is 6. The Morgan fingerprint density at radius 2 is 1.43 bits per heavy atom. The Kier molecular flexibility index (Phi) is 19.4. The molecule has 0 heterocycles. The molecule has 0 saturated heterocycles. The number of guanidine groups is 1. The van der Waals surface area contributed by atoms with Crippen molar-refractivity contribution in [3.05, 3.63) is 0 Å². The maximum absolute atomic E-state index is 12.1. The van der Waals surface area contributed by atoms with Gasteiger partial charge < -0.3 is 33.6 Å². The van der Waals surface area contributed by atoms with Crippen LogP contribution in [0.3, 0.4) is 0 Å². The summed E-state index contributed by atoms with van der Waals surface area (Å²) < 4.78 is 0. The third kappa shape index (κ3) is 19.6. The fourth-order valence-corrected chi connectivity index (χ4v) is 3.00. The summed E-state index contributed by atoms with van der Waals surface area (Å²) in [4.78, 5) is 27.9. The molecule has 9 nitrogen and oxygen atoms in total. The maximum Gasteiger partial charge on any atom is 0.220 e. The van der Waals surface area contributed by atoms with Gasteiger partial charge in [0.2, 0.25) is 5.91 Å². The molecular weight excluding hydrogens is 382 g/mol. The van der Waals surface area contributed by atoms with Gasteiger partial charge in [0.15, 0.2) is 5.96 Å². The first-order valence-corrected chi connectivity index (χ1v) is 11.5. The van der Waals surface area contributed by atoms with E-state index in [0.717, 1.165) is 70.9 Å². The maximum atomic E-state index is 12.1. The molecule has 0 bridgehead atoms. The molecule has 0 radical (unpaired) electrons. The van der Waals surface area contributed by atoms with Gasteiger partial charge in [0.05, 0.1) is 6.04 Å². The monoisotopic (exact) mass is 427 g/mol. The van der Waals surface area contributed by atoms with E-state index in [1.165, 1.54) is 0 Å². The summed E-state index contributed by atoms with van der Waals surface area (Å²) in [6.45, 7) is 3.92. The molecule has 1 amide bonds. The number of rotatable bonds is 21. The lowest BCUT2D eigenvalue weighted by Gasteiger charge is -2.11. The van der Waals surface area contributed by atoms with Gasteiger partial charge in [-0.15, -0.1) is 0 Å². The van der Waals surface area contributed by atoms with Gasteiger partial charge in [-0.3, -0.25) is 14.6 Å². The Morgan fingerprint density at radius 1 is 0.800 bits per heavy atom. The van der Waals surface area contributed by atoms with Crippen LogP contribution in [0, 0.1) is 0 Å². The van der Waals surface area contributed by atoms with E-state index in [1.54, 1.807) is 0 Å². The number of carbonyl (C=O) groups excluding carboxylic acids is 2. The first kappa shape index (κ1) is 28.3. The van der Waals surface area contributed by atoms with Gasteiger partial charge in [-0.25, -0.2) is 0 Å². The van der Waals surface area contributed by atoms with Gasteiger partial charge >= 0.3 is 0 Å². The second-order valence-electron chi connectivity index (χ2n) is 7.74. The van der Waals surface area contributed by atoms with Crippen LogP contribution in [0.4, 0.5) is 0 Å². The van der Waals surface area contributed by atoms with Crippen molar-refractivity contribution in [2.75, 3.05) is 32.7 Å². The Bertz CT molecular complexity index is 468. The van der Waals surface area contributed by atoms with Gasteiger partial charge in [-0.1, -0.05) is 25.7 Å². The second kappa shape index (κ2) is 20.6. The van der Waals surface area contributed by atoms with Gasteiger partial charge in [0.1, 0.15) is 5.78 Å². The van der Waals surface area contributed by atoms with Crippen LogP contribution in [0.1, 0.15) is 77.0 Å². The zero-order valence-corrected chi connectivity index (χ0v) is 18.7. The van der Waals surface area contributed by atoms with Crippen molar-refractivity contribution in [1.82, 2.24) is 10.6 Å². The van der Waals surface area contributed by atoms with Crippen molar-refractivity contribution >= 4 is 17.6 Å². The van der Waals surface area contributed by atoms with E-state index >= 15 is 0 Å². The molecule has 0 saturated carbocycles.